The summed E-state index contributed by atoms with van der Waals surface area (Å²) in [7, 11) is 0. The van der Waals surface area contributed by atoms with Gasteiger partial charge in [-0.2, -0.15) is 0 Å². The van der Waals surface area contributed by atoms with E-state index in [-0.39, 0.29) is 6.03 Å². The van der Waals surface area contributed by atoms with Gasteiger partial charge in [-0.15, -0.1) is 6.58 Å². The fourth-order valence-corrected chi connectivity index (χ4v) is 3.51. The lowest BCUT2D eigenvalue weighted by Crippen LogP contribution is -2.35. The van der Waals surface area contributed by atoms with Crippen LogP contribution in [0.25, 0.3) is 0 Å². The number of nitrogens with one attached hydrogen (secondary N) is 1. The van der Waals surface area contributed by atoms with E-state index in [1.165, 1.54) is 0 Å². The largest absolute Gasteiger partial charge is 0.345 e. The Morgan fingerprint density at radius 3 is 2.66 bits per heavy atom. The van der Waals surface area contributed by atoms with Crippen molar-refractivity contribution in [2.24, 2.45) is 0 Å². The highest BCUT2D eigenvalue weighted by molar-refractivity contribution is 6.43. The Kier molecular flexibility index (Phi) is 7.26. The first kappa shape index (κ1) is 21.3. The summed E-state index contributed by atoms with van der Waals surface area (Å²) in [4.78, 5) is 14.5. The summed E-state index contributed by atoms with van der Waals surface area (Å²) in [5.74, 6) is 0. The molecule has 0 saturated heterocycles. The van der Waals surface area contributed by atoms with Crippen LogP contribution in [0.2, 0.25) is 15.1 Å². The molecule has 0 fully saturated rings. The molecule has 29 heavy (non-hydrogen) atoms. The van der Waals surface area contributed by atoms with E-state index in [1.54, 1.807) is 29.2 Å². The van der Waals surface area contributed by atoms with Crippen LogP contribution in [0.3, 0.4) is 0 Å². The highest BCUT2D eigenvalue weighted by atomic mass is 35.5. The van der Waals surface area contributed by atoms with E-state index in [9.17, 15) is 4.79 Å². The van der Waals surface area contributed by atoms with Gasteiger partial charge in [0.2, 0.25) is 0 Å². The van der Waals surface area contributed by atoms with Gasteiger partial charge in [0.15, 0.2) is 0 Å². The van der Waals surface area contributed by atoms with Crippen molar-refractivity contribution >= 4 is 46.5 Å². The zero-order valence-corrected chi connectivity index (χ0v) is 17.9. The molecule has 0 unspecified atom stereocenters. The van der Waals surface area contributed by atoms with Gasteiger partial charge in [0.05, 0.1) is 22.3 Å². The third kappa shape index (κ3) is 5.57. The standard InChI is InChI=1S/C22H20Cl3N3O/c1-2-11-28(22(29)26-20-10-4-9-19(24)21(20)25)15-18-8-5-12-27(18)14-16-6-3-7-17(23)13-16/h2-10,12-13H,1,11,14-15H2,(H,26,29). The maximum atomic E-state index is 12.8. The lowest BCUT2D eigenvalue weighted by molar-refractivity contribution is 0.214. The van der Waals surface area contributed by atoms with Gasteiger partial charge in [-0.3, -0.25) is 0 Å². The smallest absolute Gasteiger partial charge is 0.322 e. The number of carbonyl (C=O) groups is 1. The zero-order valence-electron chi connectivity index (χ0n) is 15.6. The van der Waals surface area contributed by atoms with Gasteiger partial charge in [0.1, 0.15) is 0 Å². The van der Waals surface area contributed by atoms with Crippen molar-refractivity contribution in [1.82, 2.24) is 9.47 Å². The van der Waals surface area contributed by atoms with Crippen molar-refractivity contribution in [3.8, 4) is 0 Å². The molecular formula is C22H20Cl3N3O. The summed E-state index contributed by atoms with van der Waals surface area (Å²) in [6, 6.07) is 16.5. The molecule has 0 aliphatic rings. The molecule has 2 amide bonds. The van der Waals surface area contributed by atoms with Crippen LogP contribution in [-0.4, -0.2) is 22.0 Å². The molecule has 0 saturated carbocycles. The van der Waals surface area contributed by atoms with E-state index in [2.05, 4.69) is 16.5 Å². The number of anilines is 1. The average Bonchev–Trinajstić information content (AvgIpc) is 3.12. The van der Waals surface area contributed by atoms with Crippen LogP contribution in [-0.2, 0) is 13.1 Å². The van der Waals surface area contributed by atoms with Crippen molar-refractivity contribution in [1.29, 1.82) is 0 Å². The van der Waals surface area contributed by atoms with Crippen LogP contribution in [0.15, 0.2) is 73.4 Å². The summed E-state index contributed by atoms with van der Waals surface area (Å²) in [5, 5.41) is 4.21. The van der Waals surface area contributed by atoms with Crippen molar-refractivity contribution in [2.45, 2.75) is 13.1 Å². The number of benzene rings is 2. The summed E-state index contributed by atoms with van der Waals surface area (Å²) >= 11 is 18.3. The highest BCUT2D eigenvalue weighted by Gasteiger charge is 2.16. The van der Waals surface area contributed by atoms with Crippen molar-refractivity contribution in [3.05, 3.63) is 99.8 Å². The average molecular weight is 449 g/mol. The number of nitrogens with zero attached hydrogens (tertiary/aromatic N) is 2. The lowest BCUT2D eigenvalue weighted by atomic mass is 10.2. The first-order valence-electron chi connectivity index (χ1n) is 8.97. The van der Waals surface area contributed by atoms with Crippen LogP contribution >= 0.6 is 34.8 Å². The Hall–Kier alpha value is -2.40. The molecule has 0 aliphatic heterocycles. The summed E-state index contributed by atoms with van der Waals surface area (Å²) < 4.78 is 2.08. The number of rotatable bonds is 7. The van der Waals surface area contributed by atoms with E-state index in [0.717, 1.165) is 11.3 Å². The first-order chi connectivity index (χ1) is 14.0. The third-order valence-corrected chi connectivity index (χ3v) is 5.40. The van der Waals surface area contributed by atoms with Gasteiger partial charge in [0.25, 0.3) is 0 Å². The SMILES string of the molecule is C=CCN(Cc1cccn1Cc1cccc(Cl)c1)C(=O)Nc1cccc(Cl)c1Cl. The van der Waals surface area contributed by atoms with Crippen molar-refractivity contribution in [2.75, 3.05) is 11.9 Å². The molecule has 4 nitrogen and oxygen atoms in total. The van der Waals surface area contributed by atoms with Crippen LogP contribution in [0.4, 0.5) is 10.5 Å². The minimum atomic E-state index is -0.287. The fraction of sp³-hybridized carbons (Fsp3) is 0.136. The molecule has 3 rings (SSSR count). The molecule has 0 aliphatic carbocycles. The van der Waals surface area contributed by atoms with Gasteiger partial charge in [-0.05, 0) is 42.0 Å². The Balaban J connectivity index is 1.75. The van der Waals surface area contributed by atoms with Crippen molar-refractivity contribution in [3.63, 3.8) is 0 Å². The summed E-state index contributed by atoms with van der Waals surface area (Å²) in [6.07, 6.45) is 3.66. The predicted molar refractivity (Wildman–Crippen MR) is 121 cm³/mol. The Labute approximate surface area is 185 Å². The second kappa shape index (κ2) is 9.88. The molecule has 0 atom stereocenters. The van der Waals surface area contributed by atoms with Gasteiger partial charge in [-0.25, -0.2) is 4.79 Å². The number of hydrogen-bond donors (Lipinski definition) is 1. The minimum Gasteiger partial charge on any atom is -0.345 e. The molecule has 1 N–H and O–H groups in total. The quantitative estimate of drug-likeness (QED) is 0.400. The van der Waals surface area contributed by atoms with Crippen LogP contribution in [0, 0.1) is 0 Å². The molecule has 150 valence electrons. The van der Waals surface area contributed by atoms with E-state index in [4.69, 9.17) is 34.8 Å². The van der Waals surface area contributed by atoms with Gasteiger partial charge in [-0.1, -0.05) is 59.1 Å². The molecule has 1 heterocycles. The van der Waals surface area contributed by atoms with E-state index in [0.29, 0.717) is 40.4 Å². The van der Waals surface area contributed by atoms with Crippen LogP contribution in [0.1, 0.15) is 11.3 Å². The number of aromatic nitrogens is 1. The molecule has 1 aromatic heterocycles. The molecule has 0 radical (unpaired) electrons. The first-order valence-corrected chi connectivity index (χ1v) is 10.1. The monoisotopic (exact) mass is 447 g/mol. The van der Waals surface area contributed by atoms with Gasteiger partial charge < -0.3 is 14.8 Å². The molecule has 0 spiro atoms. The van der Waals surface area contributed by atoms with Gasteiger partial charge >= 0.3 is 6.03 Å². The molecule has 7 heteroatoms. The van der Waals surface area contributed by atoms with Gasteiger partial charge in [0, 0.05) is 30.0 Å². The second-order valence-electron chi connectivity index (χ2n) is 6.46. The topological polar surface area (TPSA) is 37.3 Å². The summed E-state index contributed by atoms with van der Waals surface area (Å²) in [6.45, 7) is 5.21. The third-order valence-electron chi connectivity index (χ3n) is 4.35. The second-order valence-corrected chi connectivity index (χ2v) is 7.68. The number of halogens is 3. The van der Waals surface area contributed by atoms with Crippen molar-refractivity contribution < 1.29 is 4.79 Å². The maximum Gasteiger partial charge on any atom is 0.322 e. The molecule has 0 bridgehead atoms. The molecule has 3 aromatic rings. The van der Waals surface area contributed by atoms with Crippen LogP contribution < -0.4 is 5.32 Å². The minimum absolute atomic E-state index is 0.287. The van der Waals surface area contributed by atoms with E-state index < -0.39 is 0 Å². The van der Waals surface area contributed by atoms with Crippen LogP contribution in [0.5, 0.6) is 0 Å². The number of hydrogen-bond acceptors (Lipinski definition) is 1. The highest BCUT2D eigenvalue weighted by Crippen LogP contribution is 2.29. The Morgan fingerprint density at radius 2 is 1.90 bits per heavy atom. The Morgan fingerprint density at radius 1 is 1.10 bits per heavy atom. The lowest BCUT2D eigenvalue weighted by Gasteiger charge is -2.23. The number of carbonyl (C=O) groups excluding carboxylic acids is 1. The van der Waals surface area contributed by atoms with E-state index in [1.807, 2.05) is 42.6 Å². The fourth-order valence-electron chi connectivity index (χ4n) is 2.94. The zero-order chi connectivity index (χ0) is 20.8. The maximum absolute atomic E-state index is 12.8. The Bertz CT molecular complexity index is 1020. The predicted octanol–water partition coefficient (Wildman–Crippen LogP) is 6.72. The summed E-state index contributed by atoms with van der Waals surface area (Å²) in [5.41, 5.74) is 2.53. The number of urea groups is 1. The number of amides is 2. The van der Waals surface area contributed by atoms with E-state index >= 15 is 0 Å². The normalized spacial score (nSPS) is 10.6. The molecule has 2 aromatic carbocycles. The molecular weight excluding hydrogens is 429 g/mol.